The van der Waals surface area contributed by atoms with Gasteiger partial charge in [-0.2, -0.15) is 0 Å². The second-order valence-corrected chi connectivity index (χ2v) is 12.5. The van der Waals surface area contributed by atoms with Crippen LogP contribution in [0.1, 0.15) is 52.4 Å². The number of alkyl halides is 3. The summed E-state index contributed by atoms with van der Waals surface area (Å²) in [5.41, 5.74) is -2.31. The molecule has 3 saturated heterocycles. The highest BCUT2D eigenvalue weighted by molar-refractivity contribution is 6.02. The van der Waals surface area contributed by atoms with Crippen LogP contribution >= 0.6 is 0 Å². The second-order valence-electron chi connectivity index (χ2n) is 12.5. The van der Waals surface area contributed by atoms with Crippen molar-refractivity contribution in [1.29, 1.82) is 0 Å². The van der Waals surface area contributed by atoms with Gasteiger partial charge in [0.05, 0.1) is 49.7 Å². The zero-order valence-corrected chi connectivity index (χ0v) is 24.2. The molecule has 238 valence electrons. The van der Waals surface area contributed by atoms with Gasteiger partial charge < -0.3 is 24.1 Å². The molecule has 3 aromatic carbocycles. The molecule has 1 spiro atoms. The Labute approximate surface area is 258 Å². The minimum Gasteiger partial charge on any atom is -0.456 e. The summed E-state index contributed by atoms with van der Waals surface area (Å²) >= 11 is 0. The van der Waals surface area contributed by atoms with Crippen LogP contribution in [0.5, 0.6) is 11.5 Å². The average molecular weight is 642 g/mol. The van der Waals surface area contributed by atoms with Crippen molar-refractivity contribution in [2.75, 3.05) is 36.0 Å². The number of carbonyl (C=O) groups is 3. The molecule has 0 radical (unpaired) electrons. The molecule has 0 bridgehead atoms. The Hall–Kier alpha value is -4.72. The maximum Gasteiger partial charge on any atom is 0.363 e. The van der Waals surface area contributed by atoms with Gasteiger partial charge in [-0.15, -0.1) is 5.06 Å². The third-order valence-corrected chi connectivity index (χ3v) is 8.99. The zero-order valence-electron chi connectivity index (χ0n) is 24.2. The highest BCUT2D eigenvalue weighted by Crippen LogP contribution is 2.58. The lowest BCUT2D eigenvalue weighted by Gasteiger charge is -2.45. The van der Waals surface area contributed by atoms with E-state index >= 15 is 8.78 Å². The summed E-state index contributed by atoms with van der Waals surface area (Å²) < 4.78 is 85.9. The number of amides is 2. The molecule has 5 aliphatic rings. The summed E-state index contributed by atoms with van der Waals surface area (Å²) in [6.45, 7) is -0.152. The van der Waals surface area contributed by atoms with Gasteiger partial charge in [-0.3, -0.25) is 9.59 Å². The van der Waals surface area contributed by atoms with Crippen LogP contribution in [0.3, 0.4) is 0 Å². The van der Waals surface area contributed by atoms with Crippen molar-refractivity contribution in [2.45, 2.75) is 43.6 Å². The maximum absolute atomic E-state index is 15.8. The third-order valence-electron chi connectivity index (χ3n) is 8.99. The molecule has 3 fully saturated rings. The van der Waals surface area contributed by atoms with Crippen molar-refractivity contribution in [3.05, 3.63) is 81.9 Å². The van der Waals surface area contributed by atoms with E-state index in [4.69, 9.17) is 14.3 Å². The normalized spacial score (nSPS) is 23.4. The first-order valence-corrected chi connectivity index (χ1v) is 14.5. The van der Waals surface area contributed by atoms with Crippen LogP contribution in [-0.4, -0.2) is 60.6 Å². The smallest absolute Gasteiger partial charge is 0.363 e. The number of halogens is 5. The van der Waals surface area contributed by atoms with Crippen molar-refractivity contribution >= 4 is 29.2 Å². The van der Waals surface area contributed by atoms with E-state index in [9.17, 15) is 27.6 Å². The highest BCUT2D eigenvalue weighted by Gasteiger charge is 2.52. The van der Waals surface area contributed by atoms with Gasteiger partial charge in [0.25, 0.3) is 17.7 Å². The van der Waals surface area contributed by atoms with E-state index in [1.165, 1.54) is 36.1 Å². The lowest BCUT2D eigenvalue weighted by atomic mass is 9.76. The summed E-state index contributed by atoms with van der Waals surface area (Å²) in [7, 11) is 0. The van der Waals surface area contributed by atoms with Gasteiger partial charge in [0, 0.05) is 36.1 Å². The number of imide groups is 1. The van der Waals surface area contributed by atoms with Crippen LogP contribution in [0, 0.1) is 11.6 Å². The Morgan fingerprint density at radius 2 is 1.37 bits per heavy atom. The minimum atomic E-state index is -2.98. The van der Waals surface area contributed by atoms with Crippen LogP contribution in [0.2, 0.25) is 0 Å². The first kappa shape index (κ1) is 28.7. The molecule has 0 aliphatic carbocycles. The van der Waals surface area contributed by atoms with Crippen LogP contribution < -0.4 is 14.5 Å². The van der Waals surface area contributed by atoms with Crippen molar-refractivity contribution in [1.82, 2.24) is 5.06 Å². The highest BCUT2D eigenvalue weighted by atomic mass is 19.3. The van der Waals surface area contributed by atoms with Gasteiger partial charge in [-0.25, -0.2) is 26.7 Å². The number of hydrogen-bond acceptors (Lipinski definition) is 8. The molecule has 0 saturated carbocycles. The van der Waals surface area contributed by atoms with Crippen LogP contribution in [0.4, 0.5) is 33.3 Å². The topological polar surface area (TPSA) is 88.6 Å². The van der Waals surface area contributed by atoms with Gasteiger partial charge in [-0.05, 0) is 42.3 Å². The average Bonchev–Trinajstić information content (AvgIpc) is 3.50. The predicted molar refractivity (Wildman–Crippen MR) is 149 cm³/mol. The predicted octanol–water partition coefficient (Wildman–Crippen LogP) is 5.12. The monoisotopic (exact) mass is 641 g/mol. The van der Waals surface area contributed by atoms with Crippen molar-refractivity contribution in [2.24, 2.45) is 0 Å². The first-order chi connectivity index (χ1) is 21.7. The summed E-state index contributed by atoms with van der Waals surface area (Å²) in [6.07, 6.45) is -0.196. The molecular formula is C32H24F5N3O6. The van der Waals surface area contributed by atoms with Gasteiger partial charge in [-0.1, -0.05) is 6.07 Å². The van der Waals surface area contributed by atoms with Gasteiger partial charge >= 0.3 is 5.97 Å². The Kier molecular flexibility index (Phi) is 5.88. The van der Waals surface area contributed by atoms with Crippen LogP contribution in [-0.2, 0) is 31.4 Å². The number of hydrogen-bond donors (Lipinski definition) is 0. The fourth-order valence-electron chi connectivity index (χ4n) is 6.82. The molecule has 3 aromatic rings. The standard InChI is InChI=1S/C32H24F5N3O6/c1-30(35)12-38(13-30)23-9-25-19(7-21(23)33)32(20-8-22(34)24(10-26(20)45-25)39-14-31(36,37)15-39)18-6-16(2-3-17(18)11-44-32)29(43)46-40-27(41)4-5-28(40)42/h2-3,6-10H,4-5,11-15H2,1H3. The lowest BCUT2D eigenvalue weighted by Crippen LogP contribution is -2.57. The molecule has 5 heterocycles. The number of fused-ring (bicyclic) bond motifs is 6. The van der Waals surface area contributed by atoms with E-state index in [2.05, 4.69) is 0 Å². The fourth-order valence-corrected chi connectivity index (χ4v) is 6.82. The van der Waals surface area contributed by atoms with Crippen molar-refractivity contribution in [3.63, 3.8) is 0 Å². The first-order valence-electron chi connectivity index (χ1n) is 14.5. The van der Waals surface area contributed by atoms with E-state index in [0.29, 0.717) is 16.2 Å². The summed E-state index contributed by atoms with van der Waals surface area (Å²) in [6, 6.07) is 9.27. The molecule has 1 unspecified atom stereocenters. The van der Waals surface area contributed by atoms with E-state index in [0.717, 1.165) is 17.0 Å². The van der Waals surface area contributed by atoms with E-state index < -0.39 is 59.7 Å². The second kappa shape index (κ2) is 9.41. The molecule has 0 N–H and O–H groups in total. The summed E-state index contributed by atoms with van der Waals surface area (Å²) in [5.74, 6) is -6.76. The Morgan fingerprint density at radius 1 is 0.804 bits per heavy atom. The number of benzene rings is 3. The van der Waals surface area contributed by atoms with Crippen molar-refractivity contribution < 1.29 is 50.6 Å². The zero-order chi connectivity index (χ0) is 32.3. The molecule has 1 atom stereocenters. The molecule has 8 rings (SSSR count). The van der Waals surface area contributed by atoms with Crippen molar-refractivity contribution in [3.8, 4) is 11.5 Å². The number of rotatable bonds is 4. The summed E-state index contributed by atoms with van der Waals surface area (Å²) in [4.78, 5) is 45.0. The Bertz CT molecular complexity index is 1790. The van der Waals surface area contributed by atoms with E-state index in [1.807, 2.05) is 0 Å². The number of ether oxygens (including phenoxy) is 2. The van der Waals surface area contributed by atoms with Crippen LogP contribution in [0.25, 0.3) is 0 Å². The number of nitrogens with zero attached hydrogens (tertiary/aromatic N) is 3. The van der Waals surface area contributed by atoms with Crippen LogP contribution in [0.15, 0.2) is 42.5 Å². The molecule has 9 nitrogen and oxygen atoms in total. The maximum atomic E-state index is 15.8. The number of anilines is 2. The molecule has 0 aromatic heterocycles. The summed E-state index contributed by atoms with van der Waals surface area (Å²) in [5, 5.41) is 0.409. The fraction of sp³-hybridized carbons (Fsp3) is 0.344. The van der Waals surface area contributed by atoms with Gasteiger partial charge in [0.15, 0.2) is 5.60 Å². The lowest BCUT2D eigenvalue weighted by molar-refractivity contribution is -0.172. The molecule has 46 heavy (non-hydrogen) atoms. The third kappa shape index (κ3) is 4.18. The van der Waals surface area contributed by atoms with Gasteiger partial charge in [0.2, 0.25) is 0 Å². The number of hydroxylamine groups is 2. The Balaban J connectivity index is 1.27. The quantitative estimate of drug-likeness (QED) is 0.287. The molecular weight excluding hydrogens is 617 g/mol. The van der Waals surface area contributed by atoms with E-state index in [-0.39, 0.29) is 72.1 Å². The van der Waals surface area contributed by atoms with Gasteiger partial charge in [0.1, 0.15) is 28.8 Å². The number of carbonyl (C=O) groups excluding carboxylic acids is 3. The molecule has 2 amide bonds. The Morgan fingerprint density at radius 3 is 1.91 bits per heavy atom. The minimum absolute atomic E-state index is 0.0460. The largest absolute Gasteiger partial charge is 0.456 e. The molecule has 14 heteroatoms. The molecule has 5 aliphatic heterocycles. The SMILES string of the molecule is CC1(F)CN(c2cc3c(cc2F)C2(OCc4ccc(C(=O)ON5C(=O)CCC5=O)cc42)c2cc(F)c(N4CC(F)(F)C4)cc2O3)C1. The van der Waals surface area contributed by atoms with E-state index in [1.54, 1.807) is 6.07 Å².